The summed E-state index contributed by atoms with van der Waals surface area (Å²) in [5.74, 6) is 0. The fraction of sp³-hybridized carbons (Fsp3) is 0.538. The van der Waals surface area contributed by atoms with Crippen molar-refractivity contribution in [3.8, 4) is 0 Å². The molecule has 0 aliphatic carbocycles. The SMILES string of the molecule is [BH3-][P@@](c1ccccc1)C([Si](C)(C)C)[Si](C)(C)C. The maximum absolute atomic E-state index is 2.59. The summed E-state index contributed by atoms with van der Waals surface area (Å²) in [7, 11) is -1.34. The summed E-state index contributed by atoms with van der Waals surface area (Å²) >= 11 is 0. The molecular formula is C13H27BPSi2-. The van der Waals surface area contributed by atoms with Gasteiger partial charge in [-0.15, -0.1) is 0 Å². The first-order chi connectivity index (χ1) is 7.64. The molecule has 0 aliphatic heterocycles. The summed E-state index contributed by atoms with van der Waals surface area (Å²) in [6.07, 6.45) is 0. The minimum absolute atomic E-state index is 0.258. The topological polar surface area (TPSA) is 0 Å². The molecule has 0 radical (unpaired) electrons. The van der Waals surface area contributed by atoms with Crippen molar-refractivity contribution >= 4 is 36.8 Å². The molecule has 0 unspecified atom stereocenters. The highest BCUT2D eigenvalue weighted by molar-refractivity contribution is 7.92. The molecule has 0 N–H and O–H groups in total. The van der Waals surface area contributed by atoms with Gasteiger partial charge >= 0.3 is 0 Å². The van der Waals surface area contributed by atoms with E-state index in [-0.39, 0.29) is 7.80 Å². The van der Waals surface area contributed by atoms with E-state index in [0.29, 0.717) is 7.57 Å². The zero-order valence-electron chi connectivity index (χ0n) is 11.4. The molecule has 17 heavy (non-hydrogen) atoms. The Kier molecular flexibility index (Phi) is 4.85. The van der Waals surface area contributed by atoms with Crippen LogP contribution >= 0.6 is 7.80 Å². The maximum Gasteiger partial charge on any atom is 0.0460 e. The Hall–Kier alpha value is 0.149. The zero-order chi connectivity index (χ0) is 13.3. The van der Waals surface area contributed by atoms with E-state index in [1.54, 1.807) is 5.30 Å². The van der Waals surface area contributed by atoms with Gasteiger partial charge in [0.05, 0.1) is 0 Å². The van der Waals surface area contributed by atoms with Crippen molar-refractivity contribution in [3.63, 3.8) is 0 Å². The molecule has 0 heterocycles. The molecule has 0 saturated carbocycles. The fourth-order valence-electron chi connectivity index (χ4n) is 2.35. The lowest BCUT2D eigenvalue weighted by atomic mass is 10.4. The van der Waals surface area contributed by atoms with Crippen LogP contribution in [0.2, 0.25) is 39.3 Å². The Bertz CT molecular complexity index is 340. The maximum atomic E-state index is 2.59. The molecule has 0 fully saturated rings. The molecule has 0 aromatic heterocycles. The molecule has 0 bridgehead atoms. The first-order valence-electron chi connectivity index (χ1n) is 5.97. The highest BCUT2D eigenvalue weighted by Crippen LogP contribution is 2.44. The second-order valence-electron chi connectivity index (χ2n) is 6.60. The molecule has 1 rings (SSSR count). The third-order valence-corrected chi connectivity index (χ3v) is 17.4. The van der Waals surface area contributed by atoms with Crippen LogP contribution in [0.4, 0.5) is 0 Å². The van der Waals surface area contributed by atoms with Crippen molar-refractivity contribution in [2.45, 2.75) is 44.2 Å². The van der Waals surface area contributed by atoms with Gasteiger partial charge in [-0.25, -0.2) is 0 Å². The molecule has 4 heteroatoms. The zero-order valence-corrected chi connectivity index (χ0v) is 14.3. The Morgan fingerprint density at radius 3 is 1.65 bits per heavy atom. The van der Waals surface area contributed by atoms with Gasteiger partial charge in [-0.05, 0) is 7.57 Å². The number of hydrogen-bond acceptors (Lipinski definition) is 0. The summed E-state index contributed by atoms with van der Waals surface area (Å²) in [5, 5.41) is 1.71. The fourth-order valence-corrected chi connectivity index (χ4v) is 17.4. The molecule has 0 amide bonds. The molecule has 0 nitrogen and oxygen atoms in total. The van der Waals surface area contributed by atoms with Gasteiger partial charge in [0.15, 0.2) is 0 Å². The first kappa shape index (κ1) is 15.2. The molecular weight excluding hydrogens is 254 g/mol. The molecule has 0 saturated heterocycles. The third-order valence-electron chi connectivity index (χ3n) is 2.67. The van der Waals surface area contributed by atoms with E-state index < -0.39 is 16.1 Å². The predicted molar refractivity (Wildman–Crippen MR) is 93.4 cm³/mol. The summed E-state index contributed by atoms with van der Waals surface area (Å²) < 4.78 is 0. The van der Waals surface area contributed by atoms with E-state index in [1.165, 1.54) is 0 Å². The van der Waals surface area contributed by atoms with Gasteiger partial charge in [0.1, 0.15) is 0 Å². The summed E-state index contributed by atoms with van der Waals surface area (Å²) in [5.41, 5.74) is 0. The molecule has 1 aromatic carbocycles. The average Bonchev–Trinajstić information content (AvgIpc) is 2.14. The van der Waals surface area contributed by atoms with Crippen LogP contribution in [0.3, 0.4) is 0 Å². The highest BCUT2D eigenvalue weighted by Gasteiger charge is 2.38. The van der Waals surface area contributed by atoms with Crippen molar-refractivity contribution in [2.75, 3.05) is 0 Å². The average molecular weight is 281 g/mol. The Morgan fingerprint density at radius 1 is 0.882 bits per heavy atom. The highest BCUT2D eigenvalue weighted by atomic mass is 31.1. The minimum atomic E-state index is -1.01. The minimum Gasteiger partial charge on any atom is -0.259 e. The molecule has 1 atom stereocenters. The van der Waals surface area contributed by atoms with Crippen LogP contribution in [0, 0.1) is 0 Å². The van der Waals surface area contributed by atoms with Crippen LogP contribution < -0.4 is 5.30 Å². The van der Waals surface area contributed by atoms with E-state index in [9.17, 15) is 0 Å². The number of hydrogen-bond donors (Lipinski definition) is 0. The summed E-state index contributed by atoms with van der Waals surface area (Å²) in [4.78, 5) is 1.12. The Labute approximate surface area is 111 Å². The lowest BCUT2D eigenvalue weighted by Crippen LogP contribution is -2.53. The van der Waals surface area contributed by atoms with E-state index in [4.69, 9.17) is 0 Å². The van der Waals surface area contributed by atoms with Crippen molar-refractivity contribution in [3.05, 3.63) is 30.3 Å². The van der Waals surface area contributed by atoms with Crippen LogP contribution in [-0.2, 0) is 0 Å². The van der Waals surface area contributed by atoms with Crippen LogP contribution in [0.15, 0.2) is 30.3 Å². The van der Waals surface area contributed by atoms with E-state index in [1.807, 2.05) is 0 Å². The molecule has 96 valence electrons. The van der Waals surface area contributed by atoms with Crippen LogP contribution in [-0.4, -0.2) is 28.6 Å². The molecule has 1 aromatic rings. The Morgan fingerprint density at radius 2 is 1.29 bits per heavy atom. The normalized spacial score (nSPS) is 15.1. The third kappa shape index (κ3) is 4.08. The predicted octanol–water partition coefficient (Wildman–Crippen LogP) is 3.20. The van der Waals surface area contributed by atoms with E-state index >= 15 is 0 Å². The van der Waals surface area contributed by atoms with E-state index in [0.717, 1.165) is 4.91 Å². The smallest absolute Gasteiger partial charge is 0.0460 e. The lowest BCUT2D eigenvalue weighted by Gasteiger charge is -2.46. The Balaban J connectivity index is 3.09. The van der Waals surface area contributed by atoms with Crippen LogP contribution in [0.25, 0.3) is 0 Å². The number of rotatable bonds is 4. The molecule has 0 spiro atoms. The molecule has 0 aliphatic rings. The van der Waals surface area contributed by atoms with Crippen LogP contribution in [0.5, 0.6) is 0 Å². The van der Waals surface area contributed by atoms with E-state index in [2.05, 4.69) is 69.6 Å². The monoisotopic (exact) mass is 281 g/mol. The van der Waals surface area contributed by atoms with Crippen molar-refractivity contribution in [1.29, 1.82) is 0 Å². The van der Waals surface area contributed by atoms with Crippen molar-refractivity contribution in [2.24, 2.45) is 0 Å². The van der Waals surface area contributed by atoms with Gasteiger partial charge in [0.25, 0.3) is 0 Å². The summed E-state index contributed by atoms with van der Waals surface area (Å²) in [6.45, 7) is 15.6. The van der Waals surface area contributed by atoms with Crippen molar-refractivity contribution < 1.29 is 0 Å². The quantitative estimate of drug-likeness (QED) is 0.587. The van der Waals surface area contributed by atoms with Gasteiger partial charge in [-0.3, -0.25) is 7.80 Å². The lowest BCUT2D eigenvalue weighted by molar-refractivity contribution is 1.46. The standard InChI is InChI=1S/C13H27BPSi2/c1-16(2,3)13(17(4,5)6)15(14)12-10-8-7-9-11-12/h7-11,13H,1-6,14H3/q-1/t15-/m0/s1. The van der Waals surface area contributed by atoms with Gasteiger partial charge < -0.3 is 0 Å². The van der Waals surface area contributed by atoms with Gasteiger partial charge in [0, 0.05) is 16.1 Å². The van der Waals surface area contributed by atoms with Gasteiger partial charge in [-0.2, -0.15) is 0 Å². The van der Waals surface area contributed by atoms with Gasteiger partial charge in [-0.1, -0.05) is 79.8 Å². The van der Waals surface area contributed by atoms with Gasteiger partial charge in [0.2, 0.25) is 0 Å². The van der Waals surface area contributed by atoms with Crippen molar-refractivity contribution in [1.82, 2.24) is 0 Å². The second-order valence-corrected chi connectivity index (χ2v) is 20.1. The largest absolute Gasteiger partial charge is 0.259 e. The second kappa shape index (κ2) is 5.42. The first-order valence-corrected chi connectivity index (χ1v) is 14.1. The summed E-state index contributed by atoms with van der Waals surface area (Å²) in [6, 6.07) is 11.4. The van der Waals surface area contributed by atoms with Crippen LogP contribution in [0.1, 0.15) is 0 Å². The number of benzene rings is 1.